The molecule has 1 heterocycles. The lowest BCUT2D eigenvalue weighted by Gasteiger charge is -2.38. The zero-order valence-corrected chi connectivity index (χ0v) is 10.0. The fraction of sp³-hybridized carbons (Fsp3) is 0.800. The van der Waals surface area contributed by atoms with Crippen LogP contribution in [0.3, 0.4) is 0 Å². The van der Waals surface area contributed by atoms with Crippen LogP contribution in [0.25, 0.3) is 0 Å². The van der Waals surface area contributed by atoms with E-state index in [1.165, 1.54) is 0 Å². The minimum absolute atomic E-state index is 0.264. The monoisotopic (exact) mass is 228 g/mol. The Morgan fingerprint density at radius 2 is 2.12 bits per heavy atom. The summed E-state index contributed by atoms with van der Waals surface area (Å²) in [4.78, 5) is 24.8. The molecule has 1 fully saturated rings. The predicted octanol–water partition coefficient (Wildman–Crippen LogP) is -0.876. The maximum Gasteiger partial charge on any atom is 0.321 e. The van der Waals surface area contributed by atoms with Crippen molar-refractivity contribution in [2.75, 3.05) is 26.7 Å². The van der Waals surface area contributed by atoms with Crippen molar-refractivity contribution in [3.8, 4) is 0 Å². The molecule has 0 aliphatic carbocycles. The molecule has 1 aliphatic rings. The van der Waals surface area contributed by atoms with Crippen LogP contribution in [-0.2, 0) is 4.79 Å². The number of nitrogens with one attached hydrogen (secondary N) is 3. The van der Waals surface area contributed by atoms with Crippen molar-refractivity contribution < 1.29 is 9.59 Å². The fourth-order valence-corrected chi connectivity index (χ4v) is 1.48. The zero-order valence-electron chi connectivity index (χ0n) is 10.0. The quantitative estimate of drug-likeness (QED) is 0.584. The molecule has 3 N–H and O–H groups in total. The third-order valence-electron chi connectivity index (χ3n) is 2.90. The van der Waals surface area contributed by atoms with Gasteiger partial charge in [-0.3, -0.25) is 15.0 Å². The van der Waals surface area contributed by atoms with E-state index in [0.29, 0.717) is 12.6 Å². The third-order valence-corrected chi connectivity index (χ3v) is 2.90. The maximum atomic E-state index is 11.7. The third kappa shape index (κ3) is 3.18. The molecule has 0 aromatic carbocycles. The van der Waals surface area contributed by atoms with Crippen molar-refractivity contribution in [3.05, 3.63) is 0 Å². The SMILES string of the molecule is CCNC(=O)NC(=O)C(C)N(C)C1CNC1. The van der Waals surface area contributed by atoms with Gasteiger partial charge < -0.3 is 10.6 Å². The van der Waals surface area contributed by atoms with Gasteiger partial charge in [0.2, 0.25) is 5.91 Å². The van der Waals surface area contributed by atoms with Crippen molar-refractivity contribution in [2.45, 2.75) is 25.9 Å². The summed E-state index contributed by atoms with van der Waals surface area (Å²) in [7, 11) is 1.90. The van der Waals surface area contributed by atoms with Gasteiger partial charge in [-0.25, -0.2) is 4.79 Å². The molecule has 16 heavy (non-hydrogen) atoms. The van der Waals surface area contributed by atoms with Crippen LogP contribution >= 0.6 is 0 Å². The van der Waals surface area contributed by atoms with Crippen LogP contribution in [0.5, 0.6) is 0 Å². The normalized spacial score (nSPS) is 17.8. The highest BCUT2D eigenvalue weighted by molar-refractivity contribution is 5.96. The Labute approximate surface area is 95.8 Å². The molecule has 1 rings (SSSR count). The number of likely N-dealkylation sites (N-methyl/N-ethyl adjacent to an activating group) is 1. The van der Waals surface area contributed by atoms with Gasteiger partial charge in [-0.1, -0.05) is 0 Å². The van der Waals surface area contributed by atoms with Gasteiger partial charge in [-0.15, -0.1) is 0 Å². The molecular weight excluding hydrogens is 208 g/mol. The average Bonchev–Trinajstić information content (AvgIpc) is 2.13. The molecule has 0 saturated carbocycles. The van der Waals surface area contributed by atoms with E-state index in [0.717, 1.165) is 13.1 Å². The molecule has 6 heteroatoms. The van der Waals surface area contributed by atoms with Crippen LogP contribution in [0.4, 0.5) is 4.79 Å². The van der Waals surface area contributed by atoms with Crippen molar-refractivity contribution in [1.29, 1.82) is 0 Å². The second-order valence-electron chi connectivity index (χ2n) is 4.00. The van der Waals surface area contributed by atoms with E-state index in [1.807, 2.05) is 11.9 Å². The highest BCUT2D eigenvalue weighted by Crippen LogP contribution is 2.06. The minimum Gasteiger partial charge on any atom is -0.338 e. The Morgan fingerprint density at radius 3 is 2.56 bits per heavy atom. The van der Waals surface area contributed by atoms with Gasteiger partial charge in [0.05, 0.1) is 6.04 Å². The van der Waals surface area contributed by atoms with E-state index in [-0.39, 0.29) is 11.9 Å². The minimum atomic E-state index is -0.431. The van der Waals surface area contributed by atoms with Crippen LogP contribution in [-0.4, -0.2) is 55.6 Å². The average molecular weight is 228 g/mol. The van der Waals surface area contributed by atoms with Crippen LogP contribution in [0.1, 0.15) is 13.8 Å². The second kappa shape index (κ2) is 5.81. The van der Waals surface area contributed by atoms with Gasteiger partial charge in [-0.2, -0.15) is 0 Å². The number of hydrogen-bond acceptors (Lipinski definition) is 4. The number of hydrogen-bond donors (Lipinski definition) is 3. The number of carbonyl (C=O) groups excluding carboxylic acids is 2. The standard InChI is InChI=1S/C10H20N4O2/c1-4-12-10(16)13-9(15)7(2)14(3)8-5-11-6-8/h7-8,11H,4-6H2,1-3H3,(H2,12,13,15,16). The molecule has 1 saturated heterocycles. The smallest absolute Gasteiger partial charge is 0.321 e. The fourth-order valence-electron chi connectivity index (χ4n) is 1.48. The summed E-state index contributed by atoms with van der Waals surface area (Å²) in [6, 6.07) is -0.343. The van der Waals surface area contributed by atoms with E-state index in [1.54, 1.807) is 13.8 Å². The number of imide groups is 1. The maximum absolute atomic E-state index is 11.7. The molecule has 1 unspecified atom stereocenters. The topological polar surface area (TPSA) is 73.5 Å². The summed E-state index contributed by atoms with van der Waals surface area (Å²) in [5.41, 5.74) is 0. The molecule has 0 spiro atoms. The molecule has 92 valence electrons. The lowest BCUT2D eigenvalue weighted by molar-refractivity contribution is -0.125. The Bertz CT molecular complexity index is 266. The Balaban J connectivity index is 2.37. The highest BCUT2D eigenvalue weighted by atomic mass is 16.2. The second-order valence-corrected chi connectivity index (χ2v) is 4.00. The van der Waals surface area contributed by atoms with E-state index < -0.39 is 6.03 Å². The first-order valence-electron chi connectivity index (χ1n) is 5.57. The Morgan fingerprint density at radius 1 is 1.50 bits per heavy atom. The Kier molecular flexibility index (Phi) is 4.70. The van der Waals surface area contributed by atoms with Crippen molar-refractivity contribution in [2.24, 2.45) is 0 Å². The number of carbonyl (C=O) groups is 2. The van der Waals surface area contributed by atoms with Gasteiger partial charge in [0, 0.05) is 25.7 Å². The summed E-state index contributed by atoms with van der Waals surface area (Å²) >= 11 is 0. The van der Waals surface area contributed by atoms with Gasteiger partial charge in [0.25, 0.3) is 0 Å². The molecule has 1 aliphatic heterocycles. The summed E-state index contributed by atoms with van der Waals surface area (Å²) < 4.78 is 0. The first kappa shape index (κ1) is 12.9. The van der Waals surface area contributed by atoms with Crippen LogP contribution < -0.4 is 16.0 Å². The van der Waals surface area contributed by atoms with Crippen molar-refractivity contribution in [3.63, 3.8) is 0 Å². The number of urea groups is 1. The molecule has 1 atom stereocenters. The van der Waals surface area contributed by atoms with Gasteiger partial charge in [0.15, 0.2) is 0 Å². The number of amides is 3. The van der Waals surface area contributed by atoms with Crippen molar-refractivity contribution in [1.82, 2.24) is 20.9 Å². The summed E-state index contributed by atoms with van der Waals surface area (Å²) in [5.74, 6) is -0.264. The van der Waals surface area contributed by atoms with E-state index >= 15 is 0 Å². The first-order valence-corrected chi connectivity index (χ1v) is 5.57. The molecule has 6 nitrogen and oxygen atoms in total. The Hall–Kier alpha value is -1.14. The van der Waals surface area contributed by atoms with E-state index in [9.17, 15) is 9.59 Å². The highest BCUT2D eigenvalue weighted by Gasteiger charge is 2.29. The molecular formula is C10H20N4O2. The van der Waals surface area contributed by atoms with Gasteiger partial charge in [0.1, 0.15) is 0 Å². The largest absolute Gasteiger partial charge is 0.338 e. The first-order chi connectivity index (χ1) is 7.56. The van der Waals surface area contributed by atoms with Crippen LogP contribution in [0.2, 0.25) is 0 Å². The van der Waals surface area contributed by atoms with Crippen LogP contribution in [0.15, 0.2) is 0 Å². The van der Waals surface area contributed by atoms with Gasteiger partial charge in [-0.05, 0) is 20.9 Å². The predicted molar refractivity (Wildman–Crippen MR) is 61.1 cm³/mol. The molecule has 0 aromatic heterocycles. The molecule has 0 radical (unpaired) electrons. The van der Waals surface area contributed by atoms with Crippen LogP contribution in [0, 0.1) is 0 Å². The summed E-state index contributed by atoms with van der Waals surface area (Å²) in [6.07, 6.45) is 0. The summed E-state index contributed by atoms with van der Waals surface area (Å²) in [5, 5.41) is 7.98. The van der Waals surface area contributed by atoms with Crippen molar-refractivity contribution >= 4 is 11.9 Å². The van der Waals surface area contributed by atoms with E-state index in [4.69, 9.17) is 0 Å². The number of rotatable bonds is 4. The van der Waals surface area contributed by atoms with Gasteiger partial charge >= 0.3 is 6.03 Å². The zero-order chi connectivity index (χ0) is 12.1. The molecule has 3 amide bonds. The molecule has 0 aromatic rings. The lowest BCUT2D eigenvalue weighted by atomic mass is 10.1. The molecule has 0 bridgehead atoms. The lowest BCUT2D eigenvalue weighted by Crippen LogP contribution is -2.61. The number of nitrogens with zero attached hydrogens (tertiary/aromatic N) is 1. The van der Waals surface area contributed by atoms with E-state index in [2.05, 4.69) is 16.0 Å². The summed E-state index contributed by atoms with van der Waals surface area (Å²) in [6.45, 7) is 5.91.